The SMILES string of the molecule is CCN1CCN(Cc2c(C)nn(C)c2OC)C[C@H](Cc2ccccc2-c2ccccc2)C1=O. The molecule has 2 heterocycles. The predicted octanol–water partition coefficient (Wildman–Crippen LogP) is 3.93. The van der Waals surface area contributed by atoms with E-state index in [-0.39, 0.29) is 11.8 Å². The van der Waals surface area contributed by atoms with Crippen molar-refractivity contribution < 1.29 is 9.53 Å². The van der Waals surface area contributed by atoms with E-state index in [0.29, 0.717) is 0 Å². The topological polar surface area (TPSA) is 50.6 Å². The molecule has 33 heavy (non-hydrogen) atoms. The van der Waals surface area contributed by atoms with Gasteiger partial charge in [0, 0.05) is 39.8 Å². The number of nitrogens with zero attached hydrogens (tertiary/aromatic N) is 4. The summed E-state index contributed by atoms with van der Waals surface area (Å²) in [5, 5.41) is 4.54. The molecule has 6 nitrogen and oxygen atoms in total. The minimum atomic E-state index is -0.0970. The van der Waals surface area contributed by atoms with Gasteiger partial charge >= 0.3 is 0 Å². The molecule has 1 amide bonds. The van der Waals surface area contributed by atoms with Crippen molar-refractivity contribution in [2.24, 2.45) is 13.0 Å². The minimum Gasteiger partial charge on any atom is -0.481 e. The molecular formula is C27H34N4O2. The number of rotatable bonds is 7. The van der Waals surface area contributed by atoms with Crippen LogP contribution in [-0.2, 0) is 24.8 Å². The highest BCUT2D eigenvalue weighted by Crippen LogP contribution is 2.28. The van der Waals surface area contributed by atoms with E-state index < -0.39 is 0 Å². The quantitative estimate of drug-likeness (QED) is 0.552. The third-order valence-corrected chi connectivity index (χ3v) is 6.64. The number of methoxy groups -OCH3 is 1. The van der Waals surface area contributed by atoms with Crippen molar-refractivity contribution in [3.8, 4) is 17.0 Å². The van der Waals surface area contributed by atoms with Gasteiger partial charge in [0.05, 0.1) is 24.3 Å². The zero-order chi connectivity index (χ0) is 23.4. The molecule has 0 aliphatic carbocycles. The van der Waals surface area contributed by atoms with Gasteiger partial charge in [0.1, 0.15) is 0 Å². The molecule has 0 saturated carbocycles. The van der Waals surface area contributed by atoms with Crippen LogP contribution in [0.4, 0.5) is 0 Å². The van der Waals surface area contributed by atoms with E-state index in [9.17, 15) is 4.79 Å². The Hall–Kier alpha value is -3.12. The molecule has 6 heteroatoms. The number of carbonyl (C=O) groups is 1. The van der Waals surface area contributed by atoms with Crippen LogP contribution in [0.1, 0.15) is 23.7 Å². The maximum absolute atomic E-state index is 13.5. The lowest BCUT2D eigenvalue weighted by atomic mass is 9.91. The van der Waals surface area contributed by atoms with Gasteiger partial charge in [-0.2, -0.15) is 5.10 Å². The summed E-state index contributed by atoms with van der Waals surface area (Å²) < 4.78 is 7.41. The molecule has 1 aliphatic heterocycles. The van der Waals surface area contributed by atoms with Gasteiger partial charge in [-0.3, -0.25) is 9.69 Å². The van der Waals surface area contributed by atoms with Gasteiger partial charge in [0.15, 0.2) is 0 Å². The van der Waals surface area contributed by atoms with Gasteiger partial charge in [-0.15, -0.1) is 0 Å². The molecule has 0 N–H and O–H groups in total. The van der Waals surface area contributed by atoms with Crippen molar-refractivity contribution >= 4 is 5.91 Å². The summed E-state index contributed by atoms with van der Waals surface area (Å²) in [4.78, 5) is 17.9. The monoisotopic (exact) mass is 446 g/mol. The van der Waals surface area contributed by atoms with Crippen LogP contribution in [0.3, 0.4) is 0 Å². The molecule has 0 unspecified atom stereocenters. The Morgan fingerprint density at radius 3 is 2.52 bits per heavy atom. The molecule has 0 radical (unpaired) electrons. The lowest BCUT2D eigenvalue weighted by molar-refractivity contribution is -0.134. The first-order valence-electron chi connectivity index (χ1n) is 11.7. The van der Waals surface area contributed by atoms with Crippen LogP contribution in [0.2, 0.25) is 0 Å². The highest BCUT2D eigenvalue weighted by atomic mass is 16.5. The second kappa shape index (κ2) is 10.2. The number of hydrogen-bond acceptors (Lipinski definition) is 4. The summed E-state index contributed by atoms with van der Waals surface area (Å²) in [6.45, 7) is 7.85. The number of carbonyl (C=O) groups excluding carboxylic acids is 1. The predicted molar refractivity (Wildman–Crippen MR) is 131 cm³/mol. The molecular weight excluding hydrogens is 412 g/mol. The number of likely N-dealkylation sites (N-methyl/N-ethyl adjacent to an activating group) is 1. The van der Waals surface area contributed by atoms with E-state index in [1.54, 1.807) is 11.8 Å². The molecule has 174 valence electrons. The summed E-state index contributed by atoms with van der Waals surface area (Å²) in [6, 6.07) is 18.9. The number of aromatic nitrogens is 2. The molecule has 0 spiro atoms. The molecule has 1 saturated heterocycles. The Morgan fingerprint density at radius 2 is 1.79 bits per heavy atom. The molecule has 1 aliphatic rings. The van der Waals surface area contributed by atoms with Crippen molar-refractivity contribution in [2.75, 3.05) is 33.3 Å². The van der Waals surface area contributed by atoms with Gasteiger partial charge in [-0.25, -0.2) is 4.68 Å². The first-order chi connectivity index (χ1) is 16.0. The molecule has 1 fully saturated rings. The number of benzene rings is 2. The maximum Gasteiger partial charge on any atom is 0.227 e. The third kappa shape index (κ3) is 4.96. The highest BCUT2D eigenvalue weighted by molar-refractivity contribution is 5.80. The van der Waals surface area contributed by atoms with E-state index >= 15 is 0 Å². The Bertz CT molecular complexity index is 1090. The Kier molecular flexibility index (Phi) is 7.14. The number of aryl methyl sites for hydroxylation is 2. The summed E-state index contributed by atoms with van der Waals surface area (Å²) in [5.74, 6) is 0.944. The van der Waals surface area contributed by atoms with Gasteiger partial charge in [-0.1, -0.05) is 54.6 Å². The van der Waals surface area contributed by atoms with Crippen LogP contribution < -0.4 is 4.74 Å². The van der Waals surface area contributed by atoms with E-state index in [4.69, 9.17) is 4.74 Å². The lowest BCUT2D eigenvalue weighted by Gasteiger charge is -2.24. The molecule has 2 aromatic carbocycles. The van der Waals surface area contributed by atoms with Crippen LogP contribution in [0.15, 0.2) is 54.6 Å². The summed E-state index contributed by atoms with van der Waals surface area (Å²) in [6.07, 6.45) is 0.722. The van der Waals surface area contributed by atoms with Crippen molar-refractivity contribution in [1.82, 2.24) is 19.6 Å². The lowest BCUT2D eigenvalue weighted by Crippen LogP contribution is -2.37. The number of amides is 1. The maximum atomic E-state index is 13.5. The number of hydrogen-bond donors (Lipinski definition) is 0. The minimum absolute atomic E-state index is 0.0970. The van der Waals surface area contributed by atoms with Crippen LogP contribution in [0.5, 0.6) is 5.88 Å². The van der Waals surface area contributed by atoms with Gasteiger partial charge in [0.25, 0.3) is 0 Å². The van der Waals surface area contributed by atoms with E-state index in [0.717, 1.165) is 56.3 Å². The van der Waals surface area contributed by atoms with E-state index in [1.165, 1.54) is 16.7 Å². The largest absolute Gasteiger partial charge is 0.481 e. The zero-order valence-corrected chi connectivity index (χ0v) is 20.1. The molecule has 1 aromatic heterocycles. The van der Waals surface area contributed by atoms with Crippen LogP contribution in [0.25, 0.3) is 11.1 Å². The van der Waals surface area contributed by atoms with Crippen LogP contribution >= 0.6 is 0 Å². The average molecular weight is 447 g/mol. The molecule has 4 rings (SSSR count). The average Bonchev–Trinajstić information content (AvgIpc) is 3.01. The van der Waals surface area contributed by atoms with Crippen molar-refractivity contribution in [1.29, 1.82) is 0 Å². The van der Waals surface area contributed by atoms with Gasteiger partial charge in [0.2, 0.25) is 11.8 Å². The zero-order valence-electron chi connectivity index (χ0n) is 20.1. The third-order valence-electron chi connectivity index (χ3n) is 6.64. The van der Waals surface area contributed by atoms with Gasteiger partial charge in [-0.05, 0) is 37.0 Å². The smallest absolute Gasteiger partial charge is 0.227 e. The number of ether oxygens (including phenoxy) is 1. The van der Waals surface area contributed by atoms with Crippen LogP contribution in [-0.4, -0.2) is 58.8 Å². The Morgan fingerprint density at radius 1 is 1.06 bits per heavy atom. The van der Waals surface area contributed by atoms with E-state index in [1.807, 2.05) is 24.9 Å². The molecule has 3 aromatic rings. The van der Waals surface area contributed by atoms with Crippen molar-refractivity contribution in [3.05, 3.63) is 71.4 Å². The fourth-order valence-corrected chi connectivity index (χ4v) is 4.93. The molecule has 1 atom stereocenters. The first-order valence-corrected chi connectivity index (χ1v) is 11.7. The first kappa shape index (κ1) is 23.1. The standard InChI is InChI=1S/C27H34N4O2/c1-5-31-16-15-30(19-25-20(2)28-29(3)27(25)33-4)18-23(26(31)32)17-22-13-9-10-14-24(22)21-11-7-6-8-12-21/h6-14,23H,5,15-19H2,1-4H3/t23-/m0/s1. The van der Waals surface area contributed by atoms with Gasteiger partial charge < -0.3 is 9.64 Å². The highest BCUT2D eigenvalue weighted by Gasteiger charge is 2.31. The van der Waals surface area contributed by atoms with Crippen LogP contribution in [0, 0.1) is 12.8 Å². The fourth-order valence-electron chi connectivity index (χ4n) is 4.93. The Balaban J connectivity index is 1.61. The van der Waals surface area contributed by atoms with Crippen molar-refractivity contribution in [3.63, 3.8) is 0 Å². The van der Waals surface area contributed by atoms with E-state index in [2.05, 4.69) is 65.5 Å². The second-order valence-corrected chi connectivity index (χ2v) is 8.77. The second-order valence-electron chi connectivity index (χ2n) is 8.77. The van der Waals surface area contributed by atoms with Crippen molar-refractivity contribution in [2.45, 2.75) is 26.8 Å². The summed E-state index contributed by atoms with van der Waals surface area (Å²) >= 11 is 0. The Labute approximate surface area is 196 Å². The summed E-state index contributed by atoms with van der Waals surface area (Å²) in [7, 11) is 3.59. The normalized spacial score (nSPS) is 17.3. The summed E-state index contributed by atoms with van der Waals surface area (Å²) in [5.41, 5.74) is 5.68. The molecule has 0 bridgehead atoms. The fraction of sp³-hybridized carbons (Fsp3) is 0.407.